The highest BCUT2D eigenvalue weighted by molar-refractivity contribution is 6.39. The zero-order chi connectivity index (χ0) is 20.0. The van der Waals surface area contributed by atoms with Crippen molar-refractivity contribution >= 4 is 23.2 Å². The molecule has 0 bridgehead atoms. The lowest BCUT2D eigenvalue weighted by atomic mass is 10.1. The number of nitrogens with one attached hydrogen (secondary N) is 2. The van der Waals surface area contributed by atoms with Gasteiger partial charge >= 0.3 is 11.8 Å². The van der Waals surface area contributed by atoms with Gasteiger partial charge in [0.1, 0.15) is 5.69 Å². The van der Waals surface area contributed by atoms with Gasteiger partial charge < -0.3 is 20.1 Å². The van der Waals surface area contributed by atoms with Gasteiger partial charge in [-0.2, -0.15) is 0 Å². The fourth-order valence-corrected chi connectivity index (χ4v) is 2.39. The number of benzene rings is 2. The van der Waals surface area contributed by atoms with E-state index in [1.165, 1.54) is 38.5 Å². The summed E-state index contributed by atoms with van der Waals surface area (Å²) in [5, 5.41) is 15.8. The fourth-order valence-electron chi connectivity index (χ4n) is 2.39. The molecular formula is C18H19N3O6. The average molecular weight is 373 g/mol. The molecular weight excluding hydrogens is 354 g/mol. The van der Waals surface area contributed by atoms with Crippen molar-refractivity contribution in [1.29, 1.82) is 0 Å². The molecule has 9 heteroatoms. The number of ether oxygens (including phenoxy) is 2. The third kappa shape index (κ3) is 4.72. The second-order valence-corrected chi connectivity index (χ2v) is 5.54. The van der Waals surface area contributed by atoms with E-state index in [9.17, 15) is 19.7 Å². The van der Waals surface area contributed by atoms with Crippen molar-refractivity contribution in [2.24, 2.45) is 0 Å². The summed E-state index contributed by atoms with van der Waals surface area (Å²) < 4.78 is 10.4. The predicted molar refractivity (Wildman–Crippen MR) is 97.8 cm³/mol. The minimum absolute atomic E-state index is 0.0542. The van der Waals surface area contributed by atoms with Gasteiger partial charge in [-0.3, -0.25) is 19.7 Å². The molecule has 0 heterocycles. The second-order valence-electron chi connectivity index (χ2n) is 5.54. The van der Waals surface area contributed by atoms with Crippen LogP contribution in [0.5, 0.6) is 11.5 Å². The predicted octanol–water partition coefficient (Wildman–Crippen LogP) is 2.43. The molecule has 0 aromatic heterocycles. The van der Waals surface area contributed by atoms with Crippen LogP contribution < -0.4 is 20.1 Å². The van der Waals surface area contributed by atoms with Crippen LogP contribution in [0.15, 0.2) is 42.5 Å². The molecule has 0 radical (unpaired) electrons. The molecule has 0 saturated heterocycles. The smallest absolute Gasteiger partial charge is 0.313 e. The molecule has 2 aromatic carbocycles. The molecule has 2 amide bonds. The van der Waals surface area contributed by atoms with E-state index in [0.717, 1.165) is 0 Å². The van der Waals surface area contributed by atoms with Crippen LogP contribution in [0.2, 0.25) is 0 Å². The first-order valence-corrected chi connectivity index (χ1v) is 7.94. The van der Waals surface area contributed by atoms with E-state index in [0.29, 0.717) is 17.1 Å². The number of hydrogen-bond acceptors (Lipinski definition) is 6. The Balaban J connectivity index is 2.08. The number of anilines is 1. The first-order chi connectivity index (χ1) is 12.9. The lowest BCUT2D eigenvalue weighted by molar-refractivity contribution is -0.383. The van der Waals surface area contributed by atoms with Crippen LogP contribution in [-0.4, -0.2) is 31.0 Å². The summed E-state index contributed by atoms with van der Waals surface area (Å²) in [4.78, 5) is 34.6. The first kappa shape index (κ1) is 19.7. The number of nitro groups is 1. The zero-order valence-electron chi connectivity index (χ0n) is 15.0. The quantitative estimate of drug-likeness (QED) is 0.456. The van der Waals surface area contributed by atoms with Crippen LogP contribution in [0.3, 0.4) is 0 Å². The number of methoxy groups -OCH3 is 2. The van der Waals surface area contributed by atoms with Crippen molar-refractivity contribution in [2.75, 3.05) is 19.5 Å². The van der Waals surface area contributed by atoms with Gasteiger partial charge in [0.25, 0.3) is 5.69 Å². The zero-order valence-corrected chi connectivity index (χ0v) is 15.0. The standard InChI is InChI=1S/C18H19N3O6/c1-11(12-8-9-15(26-2)16(10-12)27-3)19-17(22)18(23)20-13-6-4-5-7-14(13)21(24)25/h4-11H,1-3H3,(H,19,22)(H,20,23). The summed E-state index contributed by atoms with van der Waals surface area (Å²) >= 11 is 0. The fraction of sp³-hybridized carbons (Fsp3) is 0.222. The van der Waals surface area contributed by atoms with E-state index in [4.69, 9.17) is 9.47 Å². The highest BCUT2D eigenvalue weighted by atomic mass is 16.6. The topological polar surface area (TPSA) is 120 Å². The molecule has 0 aliphatic heterocycles. The Kier molecular flexibility index (Phi) is 6.32. The minimum Gasteiger partial charge on any atom is -0.493 e. The van der Waals surface area contributed by atoms with Gasteiger partial charge in [-0.05, 0) is 30.7 Å². The van der Waals surface area contributed by atoms with Gasteiger partial charge in [0.05, 0.1) is 25.2 Å². The first-order valence-electron chi connectivity index (χ1n) is 7.94. The van der Waals surface area contributed by atoms with Crippen molar-refractivity contribution in [3.63, 3.8) is 0 Å². The Morgan fingerprint density at radius 1 is 1.04 bits per heavy atom. The summed E-state index contributed by atoms with van der Waals surface area (Å²) in [6, 6.07) is 10.2. The van der Waals surface area contributed by atoms with Crippen molar-refractivity contribution < 1.29 is 24.0 Å². The summed E-state index contributed by atoms with van der Waals surface area (Å²) in [6.45, 7) is 1.69. The van der Waals surface area contributed by atoms with Crippen molar-refractivity contribution in [3.05, 3.63) is 58.1 Å². The van der Waals surface area contributed by atoms with E-state index < -0.39 is 22.8 Å². The largest absolute Gasteiger partial charge is 0.493 e. The molecule has 1 atom stereocenters. The SMILES string of the molecule is COc1ccc(C(C)NC(=O)C(=O)Nc2ccccc2[N+](=O)[O-])cc1OC. The van der Waals surface area contributed by atoms with Crippen LogP contribution in [0, 0.1) is 10.1 Å². The lowest BCUT2D eigenvalue weighted by Gasteiger charge is -2.16. The summed E-state index contributed by atoms with van der Waals surface area (Å²) in [7, 11) is 3.00. The maximum Gasteiger partial charge on any atom is 0.313 e. The second kappa shape index (κ2) is 8.65. The molecule has 0 aliphatic rings. The molecule has 2 rings (SSSR count). The van der Waals surface area contributed by atoms with E-state index in [-0.39, 0.29) is 11.4 Å². The van der Waals surface area contributed by atoms with Crippen LogP contribution in [0.4, 0.5) is 11.4 Å². The van der Waals surface area contributed by atoms with Gasteiger partial charge in [-0.1, -0.05) is 18.2 Å². The van der Waals surface area contributed by atoms with Gasteiger partial charge in [0, 0.05) is 6.07 Å². The normalized spacial score (nSPS) is 11.2. The highest BCUT2D eigenvalue weighted by Gasteiger charge is 2.21. The third-order valence-electron chi connectivity index (χ3n) is 3.81. The lowest BCUT2D eigenvalue weighted by Crippen LogP contribution is -2.37. The number of carbonyl (C=O) groups is 2. The number of nitro benzene ring substituents is 1. The molecule has 142 valence electrons. The van der Waals surface area contributed by atoms with Crippen molar-refractivity contribution in [3.8, 4) is 11.5 Å². The van der Waals surface area contributed by atoms with Crippen LogP contribution in [-0.2, 0) is 9.59 Å². The number of carbonyl (C=O) groups excluding carboxylic acids is 2. The van der Waals surface area contributed by atoms with E-state index >= 15 is 0 Å². The van der Waals surface area contributed by atoms with E-state index in [2.05, 4.69) is 10.6 Å². The molecule has 27 heavy (non-hydrogen) atoms. The monoisotopic (exact) mass is 373 g/mol. The highest BCUT2D eigenvalue weighted by Crippen LogP contribution is 2.30. The Morgan fingerprint density at radius 3 is 2.33 bits per heavy atom. The molecule has 0 fully saturated rings. The number of rotatable bonds is 6. The molecule has 0 aliphatic carbocycles. The van der Waals surface area contributed by atoms with Crippen LogP contribution >= 0.6 is 0 Å². The number of amides is 2. The number of hydrogen-bond donors (Lipinski definition) is 2. The molecule has 1 unspecified atom stereocenters. The minimum atomic E-state index is -1.00. The van der Waals surface area contributed by atoms with Gasteiger partial charge in [0.15, 0.2) is 11.5 Å². The summed E-state index contributed by atoms with van der Waals surface area (Å²) in [5.74, 6) is -0.901. The van der Waals surface area contributed by atoms with Gasteiger partial charge in [0.2, 0.25) is 0 Å². The Morgan fingerprint density at radius 2 is 1.70 bits per heavy atom. The number of para-hydroxylation sites is 2. The third-order valence-corrected chi connectivity index (χ3v) is 3.81. The molecule has 9 nitrogen and oxygen atoms in total. The van der Waals surface area contributed by atoms with Gasteiger partial charge in [-0.25, -0.2) is 0 Å². The van der Waals surface area contributed by atoms with E-state index in [1.807, 2.05) is 0 Å². The molecule has 2 aromatic rings. The van der Waals surface area contributed by atoms with Crippen LogP contribution in [0.25, 0.3) is 0 Å². The van der Waals surface area contributed by atoms with Gasteiger partial charge in [-0.15, -0.1) is 0 Å². The Hall–Kier alpha value is -3.62. The molecule has 0 spiro atoms. The Bertz CT molecular complexity index is 868. The van der Waals surface area contributed by atoms with E-state index in [1.54, 1.807) is 25.1 Å². The maximum absolute atomic E-state index is 12.1. The summed E-state index contributed by atoms with van der Waals surface area (Å²) in [5.41, 5.74) is 0.340. The van der Waals surface area contributed by atoms with Crippen molar-refractivity contribution in [1.82, 2.24) is 5.32 Å². The summed E-state index contributed by atoms with van der Waals surface area (Å²) in [6.07, 6.45) is 0. The average Bonchev–Trinajstić information content (AvgIpc) is 2.67. The number of nitrogens with zero attached hydrogens (tertiary/aromatic N) is 1. The molecule has 2 N–H and O–H groups in total. The van der Waals surface area contributed by atoms with Crippen molar-refractivity contribution in [2.45, 2.75) is 13.0 Å². The maximum atomic E-state index is 12.1. The Labute approximate surface area is 155 Å². The van der Waals surface area contributed by atoms with Crippen LogP contribution in [0.1, 0.15) is 18.5 Å². The molecule has 0 saturated carbocycles.